The van der Waals surface area contributed by atoms with E-state index in [0.29, 0.717) is 6.61 Å². The number of methoxy groups -OCH3 is 1. The third kappa shape index (κ3) is 6.57. The SMILES string of the molecule is CO[C@H]1O[C@H](CO[Si](C)(C)C(C)(C)C)[C@H](O)[C@H](OCOCc2ccccc2)[C@H]1O. The van der Waals surface area contributed by atoms with Crippen LogP contribution in [0.4, 0.5) is 0 Å². The Morgan fingerprint density at radius 3 is 2.31 bits per heavy atom. The lowest BCUT2D eigenvalue weighted by Gasteiger charge is -2.43. The van der Waals surface area contributed by atoms with Gasteiger partial charge in [0.2, 0.25) is 0 Å². The number of hydrogen-bond donors (Lipinski definition) is 2. The average Bonchev–Trinajstić information content (AvgIpc) is 2.66. The molecular weight excluding hydrogens is 392 g/mol. The van der Waals surface area contributed by atoms with Crippen molar-refractivity contribution in [2.75, 3.05) is 20.5 Å². The van der Waals surface area contributed by atoms with Crippen molar-refractivity contribution in [3.05, 3.63) is 35.9 Å². The van der Waals surface area contributed by atoms with Gasteiger partial charge in [0.25, 0.3) is 0 Å². The van der Waals surface area contributed by atoms with Gasteiger partial charge in [-0.25, -0.2) is 0 Å². The van der Waals surface area contributed by atoms with Crippen LogP contribution in [-0.4, -0.2) is 69.7 Å². The lowest BCUT2D eigenvalue weighted by molar-refractivity contribution is -0.309. The lowest BCUT2D eigenvalue weighted by atomic mass is 9.99. The molecule has 29 heavy (non-hydrogen) atoms. The van der Waals surface area contributed by atoms with Gasteiger partial charge in [-0.1, -0.05) is 51.1 Å². The Bertz CT molecular complexity index is 605. The highest BCUT2D eigenvalue weighted by atomic mass is 28.4. The number of aliphatic hydroxyl groups excluding tert-OH is 2. The molecule has 8 heteroatoms. The molecule has 0 aromatic heterocycles. The van der Waals surface area contributed by atoms with Crippen LogP contribution in [0.15, 0.2) is 30.3 Å². The highest BCUT2D eigenvalue weighted by Gasteiger charge is 2.47. The summed E-state index contributed by atoms with van der Waals surface area (Å²) in [6, 6.07) is 9.70. The number of rotatable bonds is 9. The summed E-state index contributed by atoms with van der Waals surface area (Å²) >= 11 is 0. The fourth-order valence-corrected chi connectivity index (χ4v) is 3.81. The van der Waals surface area contributed by atoms with Crippen LogP contribution in [0.2, 0.25) is 18.1 Å². The fourth-order valence-electron chi connectivity index (χ4n) is 2.80. The quantitative estimate of drug-likeness (QED) is 0.355. The third-order valence-corrected chi connectivity index (χ3v) is 10.2. The highest BCUT2D eigenvalue weighted by Crippen LogP contribution is 2.37. The van der Waals surface area contributed by atoms with E-state index in [-0.39, 0.29) is 18.4 Å². The van der Waals surface area contributed by atoms with Gasteiger partial charge in [-0.15, -0.1) is 0 Å². The van der Waals surface area contributed by atoms with Gasteiger partial charge in [0.1, 0.15) is 31.2 Å². The van der Waals surface area contributed by atoms with Crippen molar-refractivity contribution in [2.45, 2.75) is 76.2 Å². The second kappa shape index (κ2) is 10.5. The van der Waals surface area contributed by atoms with Gasteiger partial charge in [0.05, 0.1) is 13.2 Å². The third-order valence-electron chi connectivity index (χ3n) is 5.74. The molecule has 0 spiro atoms. The van der Waals surface area contributed by atoms with Crippen LogP contribution in [0.5, 0.6) is 0 Å². The predicted octanol–water partition coefficient (Wildman–Crippen LogP) is 2.66. The van der Waals surface area contributed by atoms with Gasteiger partial charge in [-0.2, -0.15) is 0 Å². The molecule has 1 fully saturated rings. The molecule has 1 saturated heterocycles. The Hall–Kier alpha value is -0.843. The summed E-state index contributed by atoms with van der Waals surface area (Å²) in [5.74, 6) is 0. The van der Waals surface area contributed by atoms with Gasteiger partial charge in [-0.05, 0) is 23.7 Å². The van der Waals surface area contributed by atoms with E-state index >= 15 is 0 Å². The molecule has 166 valence electrons. The molecule has 1 aromatic carbocycles. The molecule has 1 aromatic rings. The molecule has 1 heterocycles. The number of aliphatic hydroxyl groups is 2. The van der Waals surface area contributed by atoms with E-state index in [2.05, 4.69) is 33.9 Å². The monoisotopic (exact) mass is 428 g/mol. The minimum absolute atomic E-state index is 0.0357. The molecule has 2 rings (SSSR count). The molecule has 0 bridgehead atoms. The molecule has 1 aliphatic rings. The Balaban J connectivity index is 1.93. The van der Waals surface area contributed by atoms with Gasteiger partial charge in [0.15, 0.2) is 14.6 Å². The summed E-state index contributed by atoms with van der Waals surface area (Å²) < 4.78 is 28.4. The van der Waals surface area contributed by atoms with Crippen molar-refractivity contribution in [2.24, 2.45) is 0 Å². The molecule has 0 aliphatic carbocycles. The number of benzene rings is 1. The maximum atomic E-state index is 10.7. The molecule has 2 N–H and O–H groups in total. The maximum Gasteiger partial charge on any atom is 0.192 e. The maximum absolute atomic E-state index is 10.7. The standard InChI is InChI=1S/C21H36O7Si/c1-21(2,3)29(5,6)27-13-16-17(22)19(18(23)20(24-4)28-16)26-14-25-12-15-10-8-7-9-11-15/h7-11,16-20,22-23H,12-14H2,1-6H3/t16-,17+,18-,19+,20+/m1/s1. The van der Waals surface area contributed by atoms with Crippen molar-refractivity contribution < 1.29 is 33.6 Å². The van der Waals surface area contributed by atoms with E-state index in [4.69, 9.17) is 23.4 Å². The summed E-state index contributed by atoms with van der Waals surface area (Å²) in [6.45, 7) is 11.2. The molecular formula is C21H36O7Si. The highest BCUT2D eigenvalue weighted by molar-refractivity contribution is 6.74. The molecule has 0 radical (unpaired) electrons. The van der Waals surface area contributed by atoms with E-state index in [1.54, 1.807) is 0 Å². The minimum atomic E-state index is -2.02. The second-order valence-electron chi connectivity index (χ2n) is 8.91. The Morgan fingerprint density at radius 1 is 1.07 bits per heavy atom. The zero-order chi connectivity index (χ0) is 21.7. The first kappa shape index (κ1) is 24.4. The van der Waals surface area contributed by atoms with E-state index < -0.39 is 39.0 Å². The zero-order valence-electron chi connectivity index (χ0n) is 18.3. The van der Waals surface area contributed by atoms with Crippen LogP contribution >= 0.6 is 0 Å². The van der Waals surface area contributed by atoms with Crippen molar-refractivity contribution >= 4 is 8.32 Å². The summed E-state index contributed by atoms with van der Waals surface area (Å²) in [4.78, 5) is 0. The van der Waals surface area contributed by atoms with Gasteiger partial charge in [-0.3, -0.25) is 0 Å². The minimum Gasteiger partial charge on any atom is -0.414 e. The average molecular weight is 429 g/mol. The zero-order valence-corrected chi connectivity index (χ0v) is 19.3. The van der Waals surface area contributed by atoms with Gasteiger partial charge in [0, 0.05) is 7.11 Å². The van der Waals surface area contributed by atoms with E-state index in [1.807, 2.05) is 30.3 Å². The molecule has 0 saturated carbocycles. The van der Waals surface area contributed by atoms with Gasteiger partial charge >= 0.3 is 0 Å². The summed E-state index contributed by atoms with van der Waals surface area (Å²) in [7, 11) is -0.574. The predicted molar refractivity (Wildman–Crippen MR) is 112 cm³/mol. The van der Waals surface area contributed by atoms with E-state index in [0.717, 1.165) is 5.56 Å². The van der Waals surface area contributed by atoms with Crippen molar-refractivity contribution in [3.8, 4) is 0 Å². The van der Waals surface area contributed by atoms with Crippen molar-refractivity contribution in [1.82, 2.24) is 0 Å². The molecule has 0 unspecified atom stereocenters. The lowest BCUT2D eigenvalue weighted by Crippen LogP contribution is -2.61. The Kier molecular flexibility index (Phi) is 8.81. The molecule has 7 nitrogen and oxygen atoms in total. The first-order valence-electron chi connectivity index (χ1n) is 9.98. The first-order valence-corrected chi connectivity index (χ1v) is 12.9. The molecule has 0 amide bonds. The largest absolute Gasteiger partial charge is 0.414 e. The number of hydrogen-bond acceptors (Lipinski definition) is 7. The van der Waals surface area contributed by atoms with Gasteiger partial charge < -0.3 is 33.6 Å². The van der Waals surface area contributed by atoms with Crippen molar-refractivity contribution in [1.29, 1.82) is 0 Å². The van der Waals surface area contributed by atoms with Crippen molar-refractivity contribution in [3.63, 3.8) is 0 Å². The summed E-state index contributed by atoms with van der Waals surface area (Å²) in [6.07, 6.45) is -4.69. The van der Waals surface area contributed by atoms with Crippen LogP contribution in [0.1, 0.15) is 26.3 Å². The fraction of sp³-hybridized carbons (Fsp3) is 0.714. The Labute approximate surface area is 175 Å². The van der Waals surface area contributed by atoms with Crippen LogP contribution in [0.25, 0.3) is 0 Å². The molecule has 5 atom stereocenters. The topological polar surface area (TPSA) is 86.6 Å². The van der Waals surface area contributed by atoms with Crippen LogP contribution in [-0.2, 0) is 30.0 Å². The first-order chi connectivity index (χ1) is 13.6. The normalized spacial score (nSPS) is 28.5. The van der Waals surface area contributed by atoms with Crippen LogP contribution < -0.4 is 0 Å². The summed E-state index contributed by atoms with van der Waals surface area (Å²) in [5, 5.41) is 21.2. The molecule has 1 aliphatic heterocycles. The second-order valence-corrected chi connectivity index (χ2v) is 13.7. The van der Waals surface area contributed by atoms with E-state index in [9.17, 15) is 10.2 Å². The van der Waals surface area contributed by atoms with Crippen LogP contribution in [0, 0.1) is 0 Å². The van der Waals surface area contributed by atoms with E-state index in [1.165, 1.54) is 7.11 Å². The Morgan fingerprint density at radius 2 is 1.72 bits per heavy atom. The summed E-state index contributed by atoms with van der Waals surface area (Å²) in [5.41, 5.74) is 1.01. The van der Waals surface area contributed by atoms with Crippen LogP contribution in [0.3, 0.4) is 0 Å². The smallest absolute Gasteiger partial charge is 0.192 e. The number of ether oxygens (including phenoxy) is 4.